The van der Waals surface area contributed by atoms with E-state index in [1.165, 1.54) is 6.39 Å². The Morgan fingerprint density at radius 3 is 2.85 bits per heavy atom. The molecule has 2 unspecified atom stereocenters. The first-order valence-electron chi connectivity index (χ1n) is 8.27. The molecule has 134 valence electrons. The minimum Gasteiger partial charge on any atom is -0.616 e. The van der Waals surface area contributed by atoms with Gasteiger partial charge in [-0.1, -0.05) is 18.2 Å². The highest BCUT2D eigenvalue weighted by atomic mass is 32.2. The topological polar surface area (TPSA) is 85.0 Å². The molecule has 0 saturated carbocycles. The standard InChI is InChI=1S/C19H19N3O2S2/c1-19(2)18(20)22-15(10-26(19)23)17-7-14(9-25-17)12-4-3-5-13(6-12)16-8-21-11-24-16/h3-9,11,15H,10H2,1-2H3,(H2,20,22). The highest BCUT2D eigenvalue weighted by Crippen LogP contribution is 2.35. The van der Waals surface area contributed by atoms with Gasteiger partial charge in [0.2, 0.25) is 0 Å². The summed E-state index contributed by atoms with van der Waals surface area (Å²) in [6.45, 7) is 3.70. The van der Waals surface area contributed by atoms with E-state index in [0.29, 0.717) is 11.6 Å². The van der Waals surface area contributed by atoms with Crippen LogP contribution in [0.1, 0.15) is 24.8 Å². The minimum absolute atomic E-state index is 0.0763. The number of oxazole rings is 1. The largest absolute Gasteiger partial charge is 0.616 e. The Labute approximate surface area is 159 Å². The summed E-state index contributed by atoms with van der Waals surface area (Å²) in [4.78, 5) is 5.07. The molecule has 2 aromatic heterocycles. The summed E-state index contributed by atoms with van der Waals surface area (Å²) in [6, 6.07) is 10.2. The number of nitrogens with one attached hydrogen (secondary N) is 2. The average molecular weight is 386 g/mol. The summed E-state index contributed by atoms with van der Waals surface area (Å²) < 4.78 is 17.3. The van der Waals surface area contributed by atoms with E-state index in [0.717, 1.165) is 27.3 Å². The molecule has 7 heteroatoms. The number of amidine groups is 1. The summed E-state index contributed by atoms with van der Waals surface area (Å²) in [5.41, 5.74) is 3.18. The van der Waals surface area contributed by atoms with Crippen molar-refractivity contribution in [1.82, 2.24) is 10.3 Å². The quantitative estimate of drug-likeness (QED) is 0.661. The van der Waals surface area contributed by atoms with E-state index in [1.54, 1.807) is 17.5 Å². The van der Waals surface area contributed by atoms with Crippen LogP contribution in [0, 0.1) is 5.41 Å². The van der Waals surface area contributed by atoms with Crippen molar-refractivity contribution in [2.75, 3.05) is 5.75 Å². The molecule has 0 amide bonds. The van der Waals surface area contributed by atoms with Crippen LogP contribution in [0.5, 0.6) is 0 Å². The van der Waals surface area contributed by atoms with Gasteiger partial charge in [-0.2, -0.15) is 0 Å². The van der Waals surface area contributed by atoms with E-state index in [4.69, 9.17) is 9.83 Å². The Kier molecular flexibility index (Phi) is 4.38. The molecular weight excluding hydrogens is 366 g/mol. The third-order valence-corrected chi connectivity index (χ3v) is 7.71. The van der Waals surface area contributed by atoms with Crippen molar-refractivity contribution in [3.8, 4) is 22.5 Å². The van der Waals surface area contributed by atoms with Gasteiger partial charge in [-0.15, -0.1) is 11.3 Å². The first-order valence-corrected chi connectivity index (χ1v) is 10.5. The van der Waals surface area contributed by atoms with Crippen molar-refractivity contribution in [2.24, 2.45) is 0 Å². The molecule has 0 spiro atoms. The fraction of sp³-hybridized carbons (Fsp3) is 0.263. The third kappa shape index (κ3) is 3.06. The normalized spacial score (nSPS) is 22.2. The van der Waals surface area contributed by atoms with Gasteiger partial charge in [0.25, 0.3) is 0 Å². The zero-order valence-corrected chi connectivity index (χ0v) is 16.1. The second-order valence-corrected chi connectivity index (χ2v) is 9.77. The maximum Gasteiger partial charge on any atom is 0.181 e. The fourth-order valence-electron chi connectivity index (χ4n) is 2.91. The van der Waals surface area contributed by atoms with Gasteiger partial charge in [0, 0.05) is 10.4 Å². The number of rotatable bonds is 3. The van der Waals surface area contributed by atoms with Gasteiger partial charge in [0.1, 0.15) is 11.8 Å². The van der Waals surface area contributed by atoms with Crippen LogP contribution in [0.3, 0.4) is 0 Å². The maximum absolute atomic E-state index is 12.5. The van der Waals surface area contributed by atoms with Crippen molar-refractivity contribution in [3.05, 3.63) is 53.2 Å². The monoisotopic (exact) mass is 385 g/mol. The van der Waals surface area contributed by atoms with E-state index in [-0.39, 0.29) is 6.04 Å². The van der Waals surface area contributed by atoms with E-state index in [9.17, 15) is 4.55 Å². The molecule has 2 atom stereocenters. The zero-order valence-electron chi connectivity index (χ0n) is 14.5. The highest BCUT2D eigenvalue weighted by molar-refractivity contribution is 7.93. The summed E-state index contributed by atoms with van der Waals surface area (Å²) in [5, 5.41) is 13.5. The number of aromatic nitrogens is 1. The molecule has 4 rings (SSSR count). The van der Waals surface area contributed by atoms with Crippen LogP contribution in [0.25, 0.3) is 22.5 Å². The third-order valence-electron chi connectivity index (χ3n) is 4.68. The van der Waals surface area contributed by atoms with Crippen molar-refractivity contribution < 1.29 is 8.97 Å². The molecule has 0 radical (unpaired) electrons. The van der Waals surface area contributed by atoms with Crippen LogP contribution < -0.4 is 5.32 Å². The summed E-state index contributed by atoms with van der Waals surface area (Å²) in [6.07, 6.45) is 3.13. The zero-order chi connectivity index (χ0) is 18.3. The lowest BCUT2D eigenvalue weighted by Gasteiger charge is -2.37. The molecule has 1 aliphatic heterocycles. The Balaban J connectivity index is 1.59. The van der Waals surface area contributed by atoms with Gasteiger partial charge in [-0.3, -0.25) is 5.41 Å². The molecular formula is C19H19N3O2S2. The first-order chi connectivity index (χ1) is 12.4. The van der Waals surface area contributed by atoms with Crippen LogP contribution in [0.2, 0.25) is 0 Å². The minimum atomic E-state index is -1.07. The smallest absolute Gasteiger partial charge is 0.181 e. The molecule has 3 heterocycles. The molecule has 26 heavy (non-hydrogen) atoms. The average Bonchev–Trinajstić information content (AvgIpc) is 3.32. The van der Waals surface area contributed by atoms with Gasteiger partial charge < -0.3 is 14.3 Å². The van der Waals surface area contributed by atoms with Crippen LogP contribution in [-0.4, -0.2) is 25.9 Å². The number of benzene rings is 1. The van der Waals surface area contributed by atoms with Crippen molar-refractivity contribution in [3.63, 3.8) is 0 Å². The van der Waals surface area contributed by atoms with Crippen LogP contribution in [0.4, 0.5) is 0 Å². The molecule has 0 bridgehead atoms. The SMILES string of the molecule is CC1(C)C(=N)NC(c2cc(-c3cccc(-c4cnco4)c3)cs2)C[S+]1[O-]. The lowest BCUT2D eigenvalue weighted by atomic mass is 10.0. The predicted molar refractivity (Wildman–Crippen MR) is 106 cm³/mol. The second kappa shape index (κ2) is 6.57. The fourth-order valence-corrected chi connectivity index (χ4v) is 5.26. The number of thiophene rings is 1. The lowest BCUT2D eigenvalue weighted by molar-refractivity contribution is 0.543. The number of hydrogen-bond acceptors (Lipinski definition) is 5. The molecule has 3 aromatic rings. The van der Waals surface area contributed by atoms with E-state index < -0.39 is 15.9 Å². The van der Waals surface area contributed by atoms with Crippen LogP contribution in [-0.2, 0) is 11.2 Å². The maximum atomic E-state index is 12.5. The van der Waals surface area contributed by atoms with Gasteiger partial charge in [0.15, 0.2) is 22.7 Å². The Morgan fingerprint density at radius 2 is 2.12 bits per heavy atom. The van der Waals surface area contributed by atoms with Crippen molar-refractivity contribution in [2.45, 2.75) is 24.6 Å². The van der Waals surface area contributed by atoms with Crippen LogP contribution >= 0.6 is 11.3 Å². The van der Waals surface area contributed by atoms with Crippen molar-refractivity contribution in [1.29, 1.82) is 5.41 Å². The van der Waals surface area contributed by atoms with Gasteiger partial charge in [-0.05, 0) is 53.7 Å². The molecule has 0 aliphatic carbocycles. The van der Waals surface area contributed by atoms with Gasteiger partial charge >= 0.3 is 0 Å². The summed E-state index contributed by atoms with van der Waals surface area (Å²) in [7, 11) is 0. The highest BCUT2D eigenvalue weighted by Gasteiger charge is 2.44. The van der Waals surface area contributed by atoms with E-state index in [2.05, 4.69) is 33.9 Å². The molecule has 1 fully saturated rings. The Hall–Kier alpha value is -2.09. The van der Waals surface area contributed by atoms with Crippen molar-refractivity contribution >= 4 is 28.3 Å². The van der Waals surface area contributed by atoms with E-state index in [1.807, 2.05) is 26.0 Å². The predicted octanol–water partition coefficient (Wildman–Crippen LogP) is 4.22. The summed E-state index contributed by atoms with van der Waals surface area (Å²) in [5.74, 6) is 1.60. The molecule has 1 saturated heterocycles. The molecule has 1 aliphatic rings. The summed E-state index contributed by atoms with van der Waals surface area (Å²) >= 11 is 0.559. The first kappa shape index (κ1) is 17.3. The van der Waals surface area contributed by atoms with Gasteiger partial charge in [-0.25, -0.2) is 4.98 Å². The lowest BCUT2D eigenvalue weighted by Crippen LogP contribution is -2.56. The molecule has 1 aromatic carbocycles. The van der Waals surface area contributed by atoms with E-state index >= 15 is 0 Å². The second-order valence-electron chi connectivity index (χ2n) is 6.78. The molecule has 2 N–H and O–H groups in total. The van der Waals surface area contributed by atoms with Gasteiger partial charge in [0.05, 0.1) is 6.20 Å². The number of nitrogens with zero attached hydrogens (tertiary/aromatic N) is 1. The Bertz CT molecular complexity index is 934. The van der Waals surface area contributed by atoms with Crippen LogP contribution in [0.15, 0.2) is 52.7 Å². The molecule has 5 nitrogen and oxygen atoms in total. The Morgan fingerprint density at radius 1 is 1.31 bits per heavy atom. The number of hydrogen-bond donors (Lipinski definition) is 2.